The van der Waals surface area contributed by atoms with Gasteiger partial charge in [0.15, 0.2) is 0 Å². The predicted octanol–water partition coefficient (Wildman–Crippen LogP) is 2.22. The first-order chi connectivity index (χ1) is 9.45. The number of carbonyl (C=O) groups is 2. The number of carbonyl (C=O) groups excluding carboxylic acids is 1. The fourth-order valence-electron chi connectivity index (χ4n) is 2.78. The molecule has 2 rings (SSSR count). The summed E-state index contributed by atoms with van der Waals surface area (Å²) in [5.41, 5.74) is 3.29. The highest BCUT2D eigenvalue weighted by molar-refractivity contribution is 5.79. The maximum atomic E-state index is 12.0. The first kappa shape index (κ1) is 14.6. The van der Waals surface area contributed by atoms with Gasteiger partial charge < -0.3 is 10.4 Å². The van der Waals surface area contributed by atoms with Gasteiger partial charge in [0.1, 0.15) is 0 Å². The zero-order valence-corrected chi connectivity index (χ0v) is 12.0. The second kappa shape index (κ2) is 6.07. The van der Waals surface area contributed by atoms with Crippen LogP contribution in [0, 0.1) is 19.8 Å². The molecule has 1 saturated carbocycles. The minimum atomic E-state index is -0.753. The lowest BCUT2D eigenvalue weighted by atomic mass is 10.0. The highest BCUT2D eigenvalue weighted by Gasteiger charge is 2.30. The van der Waals surface area contributed by atoms with E-state index in [1.165, 1.54) is 0 Å². The molecule has 2 atom stereocenters. The number of hydrogen-bond acceptors (Lipinski definition) is 2. The van der Waals surface area contributed by atoms with Crippen molar-refractivity contribution in [3.63, 3.8) is 0 Å². The van der Waals surface area contributed by atoms with Gasteiger partial charge in [-0.1, -0.05) is 23.8 Å². The van der Waals surface area contributed by atoms with Crippen molar-refractivity contribution >= 4 is 11.9 Å². The second-order valence-electron chi connectivity index (χ2n) is 5.72. The summed E-state index contributed by atoms with van der Waals surface area (Å²) in [6.07, 6.45) is 2.33. The summed E-state index contributed by atoms with van der Waals surface area (Å²) >= 11 is 0. The van der Waals surface area contributed by atoms with Crippen LogP contribution in [0.2, 0.25) is 0 Å². The molecule has 0 radical (unpaired) electrons. The Morgan fingerprint density at radius 2 is 2.05 bits per heavy atom. The van der Waals surface area contributed by atoms with Crippen LogP contribution in [-0.2, 0) is 16.0 Å². The molecule has 0 bridgehead atoms. The van der Waals surface area contributed by atoms with E-state index in [9.17, 15) is 9.59 Å². The molecule has 1 aromatic carbocycles. The van der Waals surface area contributed by atoms with Crippen molar-refractivity contribution in [2.75, 3.05) is 0 Å². The third kappa shape index (κ3) is 3.59. The van der Waals surface area contributed by atoms with Gasteiger partial charge in [-0.3, -0.25) is 9.59 Å². The van der Waals surface area contributed by atoms with E-state index < -0.39 is 5.97 Å². The van der Waals surface area contributed by atoms with Gasteiger partial charge in [-0.05, 0) is 44.2 Å². The molecule has 4 nitrogen and oxygen atoms in total. The number of hydrogen-bond donors (Lipinski definition) is 2. The lowest BCUT2D eigenvalue weighted by Gasteiger charge is -2.13. The van der Waals surface area contributed by atoms with Crippen LogP contribution in [0.3, 0.4) is 0 Å². The van der Waals surface area contributed by atoms with Crippen LogP contribution < -0.4 is 5.32 Å². The summed E-state index contributed by atoms with van der Waals surface area (Å²) in [5.74, 6) is -1.08. The molecule has 1 fully saturated rings. The summed E-state index contributed by atoms with van der Waals surface area (Å²) in [6.45, 7) is 4.01. The summed E-state index contributed by atoms with van der Waals surface area (Å²) in [6, 6.07) is 6.09. The third-order valence-corrected chi connectivity index (χ3v) is 4.00. The molecule has 20 heavy (non-hydrogen) atoms. The Labute approximate surface area is 119 Å². The number of rotatable bonds is 4. The maximum absolute atomic E-state index is 12.0. The molecular formula is C16H21NO3. The molecule has 0 aliphatic heterocycles. The molecule has 1 amide bonds. The molecular weight excluding hydrogens is 254 g/mol. The number of carboxylic acids is 1. The second-order valence-corrected chi connectivity index (χ2v) is 5.72. The Morgan fingerprint density at radius 1 is 1.30 bits per heavy atom. The largest absolute Gasteiger partial charge is 0.481 e. The number of nitrogens with one attached hydrogen (secondary N) is 1. The number of aryl methyl sites for hydroxylation is 2. The molecule has 1 aromatic rings. The van der Waals surface area contributed by atoms with Crippen LogP contribution in [0.15, 0.2) is 18.2 Å². The number of benzene rings is 1. The Hall–Kier alpha value is -1.84. The van der Waals surface area contributed by atoms with Crippen LogP contribution in [-0.4, -0.2) is 23.0 Å². The van der Waals surface area contributed by atoms with E-state index in [1.807, 2.05) is 32.0 Å². The summed E-state index contributed by atoms with van der Waals surface area (Å²) in [4.78, 5) is 22.9. The van der Waals surface area contributed by atoms with Crippen molar-refractivity contribution in [1.82, 2.24) is 5.32 Å². The zero-order chi connectivity index (χ0) is 14.7. The van der Waals surface area contributed by atoms with Gasteiger partial charge in [-0.25, -0.2) is 0 Å². The SMILES string of the molecule is Cc1ccc(C)c(CC(=O)N[C@@H]2CC[C@@H](C(=O)O)C2)c1. The van der Waals surface area contributed by atoms with E-state index in [-0.39, 0.29) is 17.9 Å². The monoisotopic (exact) mass is 275 g/mol. The van der Waals surface area contributed by atoms with Crippen LogP contribution in [0.5, 0.6) is 0 Å². The van der Waals surface area contributed by atoms with E-state index in [2.05, 4.69) is 5.32 Å². The lowest BCUT2D eigenvalue weighted by Crippen LogP contribution is -2.34. The van der Waals surface area contributed by atoms with Crippen LogP contribution in [0.1, 0.15) is 36.0 Å². The van der Waals surface area contributed by atoms with Gasteiger partial charge in [0.25, 0.3) is 0 Å². The van der Waals surface area contributed by atoms with Crippen molar-refractivity contribution in [2.45, 2.75) is 45.6 Å². The topological polar surface area (TPSA) is 66.4 Å². The van der Waals surface area contributed by atoms with Crippen molar-refractivity contribution in [1.29, 1.82) is 0 Å². The third-order valence-electron chi connectivity index (χ3n) is 4.00. The predicted molar refractivity (Wildman–Crippen MR) is 76.5 cm³/mol. The van der Waals surface area contributed by atoms with Gasteiger partial charge in [-0.15, -0.1) is 0 Å². The lowest BCUT2D eigenvalue weighted by molar-refractivity contribution is -0.141. The number of aliphatic carboxylic acids is 1. The summed E-state index contributed by atoms with van der Waals surface area (Å²) in [5, 5.41) is 11.9. The van der Waals surface area contributed by atoms with Crippen LogP contribution in [0.4, 0.5) is 0 Å². The minimum absolute atomic E-state index is 0.00807. The van der Waals surface area contributed by atoms with Gasteiger partial charge in [-0.2, -0.15) is 0 Å². The van der Waals surface area contributed by atoms with E-state index >= 15 is 0 Å². The van der Waals surface area contributed by atoms with E-state index in [1.54, 1.807) is 0 Å². The standard InChI is InChI=1S/C16H21NO3/c1-10-3-4-11(2)13(7-10)9-15(18)17-14-6-5-12(8-14)16(19)20/h3-4,7,12,14H,5-6,8-9H2,1-2H3,(H,17,18)(H,19,20)/t12-,14-/m1/s1. The molecule has 0 heterocycles. The molecule has 108 valence electrons. The smallest absolute Gasteiger partial charge is 0.306 e. The van der Waals surface area contributed by atoms with Crippen LogP contribution in [0.25, 0.3) is 0 Å². The molecule has 0 spiro atoms. The molecule has 2 N–H and O–H groups in total. The molecule has 4 heteroatoms. The van der Waals surface area contributed by atoms with E-state index in [0.29, 0.717) is 19.3 Å². The molecule has 0 unspecified atom stereocenters. The Morgan fingerprint density at radius 3 is 2.70 bits per heavy atom. The summed E-state index contributed by atoms with van der Waals surface area (Å²) in [7, 11) is 0. The van der Waals surface area contributed by atoms with Gasteiger partial charge in [0, 0.05) is 6.04 Å². The Bertz CT molecular complexity index is 524. The Kier molecular flexibility index (Phi) is 4.42. The fourth-order valence-corrected chi connectivity index (χ4v) is 2.78. The van der Waals surface area contributed by atoms with Crippen molar-refractivity contribution in [2.24, 2.45) is 5.92 Å². The van der Waals surface area contributed by atoms with Crippen molar-refractivity contribution in [3.8, 4) is 0 Å². The fraction of sp³-hybridized carbons (Fsp3) is 0.500. The van der Waals surface area contributed by atoms with Crippen molar-refractivity contribution in [3.05, 3.63) is 34.9 Å². The normalized spacial score (nSPS) is 21.7. The van der Waals surface area contributed by atoms with Crippen LogP contribution >= 0.6 is 0 Å². The first-order valence-corrected chi connectivity index (χ1v) is 7.04. The average molecular weight is 275 g/mol. The zero-order valence-electron chi connectivity index (χ0n) is 12.0. The maximum Gasteiger partial charge on any atom is 0.306 e. The quantitative estimate of drug-likeness (QED) is 0.885. The minimum Gasteiger partial charge on any atom is -0.481 e. The first-order valence-electron chi connectivity index (χ1n) is 7.04. The number of carboxylic acid groups (broad SMARTS) is 1. The van der Waals surface area contributed by atoms with Gasteiger partial charge in [0.05, 0.1) is 12.3 Å². The summed E-state index contributed by atoms with van der Waals surface area (Å²) < 4.78 is 0. The highest BCUT2D eigenvalue weighted by Crippen LogP contribution is 2.25. The van der Waals surface area contributed by atoms with E-state index in [0.717, 1.165) is 23.1 Å². The van der Waals surface area contributed by atoms with Gasteiger partial charge in [0.2, 0.25) is 5.91 Å². The average Bonchev–Trinajstić information content (AvgIpc) is 2.82. The number of amides is 1. The Balaban J connectivity index is 1.90. The molecule has 0 saturated heterocycles. The highest BCUT2D eigenvalue weighted by atomic mass is 16.4. The van der Waals surface area contributed by atoms with Crippen molar-refractivity contribution < 1.29 is 14.7 Å². The van der Waals surface area contributed by atoms with E-state index in [4.69, 9.17) is 5.11 Å². The van der Waals surface area contributed by atoms with Gasteiger partial charge >= 0.3 is 5.97 Å². The molecule has 0 aromatic heterocycles. The molecule has 1 aliphatic rings. The molecule has 1 aliphatic carbocycles.